The van der Waals surface area contributed by atoms with Crippen molar-refractivity contribution in [2.45, 2.75) is 6.92 Å². The number of rotatable bonds is 4. The van der Waals surface area contributed by atoms with Crippen LogP contribution in [0.2, 0.25) is 0 Å². The lowest BCUT2D eigenvalue weighted by atomic mass is 10.5. The highest BCUT2D eigenvalue weighted by Gasteiger charge is 2.30. The zero-order valence-corrected chi connectivity index (χ0v) is 11.0. The van der Waals surface area contributed by atoms with E-state index in [0.29, 0.717) is 5.13 Å². The summed E-state index contributed by atoms with van der Waals surface area (Å²) < 4.78 is 4.53. The van der Waals surface area contributed by atoms with Crippen LogP contribution in [0.15, 0.2) is 5.38 Å². The van der Waals surface area contributed by atoms with Crippen LogP contribution < -0.4 is 10.6 Å². The van der Waals surface area contributed by atoms with Gasteiger partial charge in [0.15, 0.2) is 11.7 Å². The van der Waals surface area contributed by atoms with E-state index in [1.807, 2.05) is 12.3 Å². The van der Waals surface area contributed by atoms with Crippen LogP contribution in [0.5, 0.6) is 0 Å². The number of thiazole rings is 1. The molecule has 9 heteroatoms. The summed E-state index contributed by atoms with van der Waals surface area (Å²) in [5, 5.41) is 7.38. The fraction of sp³-hybridized carbons (Fsp3) is 0.400. The van der Waals surface area contributed by atoms with Crippen molar-refractivity contribution >= 4 is 34.5 Å². The van der Waals surface area contributed by atoms with Crippen molar-refractivity contribution in [3.8, 4) is 0 Å². The van der Waals surface area contributed by atoms with Crippen LogP contribution in [-0.2, 0) is 9.53 Å². The smallest absolute Gasteiger partial charge is 0.417 e. The molecule has 4 amide bonds. The van der Waals surface area contributed by atoms with E-state index < -0.39 is 18.0 Å². The fourth-order valence-corrected chi connectivity index (χ4v) is 2.11. The lowest BCUT2D eigenvalue weighted by Gasteiger charge is -2.11. The summed E-state index contributed by atoms with van der Waals surface area (Å²) >= 11 is 1.32. The van der Waals surface area contributed by atoms with E-state index in [2.05, 4.69) is 20.4 Å². The Morgan fingerprint density at radius 1 is 1.58 bits per heavy atom. The quantitative estimate of drug-likeness (QED) is 0.841. The molecule has 2 N–H and O–H groups in total. The van der Waals surface area contributed by atoms with Crippen molar-refractivity contribution in [3.05, 3.63) is 11.1 Å². The number of ether oxygens (including phenoxy) is 1. The average molecular weight is 284 g/mol. The van der Waals surface area contributed by atoms with E-state index in [1.165, 1.54) is 11.3 Å². The molecule has 0 saturated carbocycles. The fourth-order valence-electron chi connectivity index (χ4n) is 1.43. The van der Waals surface area contributed by atoms with Gasteiger partial charge in [0.1, 0.15) is 0 Å². The maximum absolute atomic E-state index is 11.5. The zero-order chi connectivity index (χ0) is 13.8. The van der Waals surface area contributed by atoms with Crippen LogP contribution in [-0.4, -0.2) is 47.6 Å². The third-order valence-electron chi connectivity index (χ3n) is 2.30. The Hall–Kier alpha value is -2.16. The van der Waals surface area contributed by atoms with Crippen LogP contribution in [0.25, 0.3) is 0 Å². The maximum atomic E-state index is 11.5. The molecule has 0 bridgehead atoms. The molecule has 1 aromatic heterocycles. The summed E-state index contributed by atoms with van der Waals surface area (Å²) in [6, 6.07) is -0.436. The summed E-state index contributed by atoms with van der Waals surface area (Å²) in [5.74, 6) is -0.400. The van der Waals surface area contributed by atoms with E-state index in [1.54, 1.807) is 0 Å². The number of nitrogens with one attached hydrogen (secondary N) is 2. The lowest BCUT2D eigenvalue weighted by molar-refractivity contribution is -0.125. The van der Waals surface area contributed by atoms with Crippen molar-refractivity contribution in [3.63, 3.8) is 0 Å². The second-order valence-electron chi connectivity index (χ2n) is 3.77. The summed E-state index contributed by atoms with van der Waals surface area (Å²) in [5.41, 5.74) is 0.825. The number of urea groups is 1. The first-order valence-corrected chi connectivity index (χ1v) is 6.38. The minimum absolute atomic E-state index is 0.0853. The second kappa shape index (κ2) is 5.65. The first kappa shape index (κ1) is 13.3. The predicted octanol–water partition coefficient (Wildman–Crippen LogP) is 0.552. The van der Waals surface area contributed by atoms with Crippen LogP contribution in [0.3, 0.4) is 0 Å². The molecule has 0 aromatic carbocycles. The highest BCUT2D eigenvalue weighted by molar-refractivity contribution is 7.13. The molecule has 1 fully saturated rings. The Morgan fingerprint density at radius 3 is 2.95 bits per heavy atom. The molecule has 8 nitrogen and oxygen atoms in total. The van der Waals surface area contributed by atoms with Gasteiger partial charge in [-0.15, -0.1) is 11.3 Å². The summed E-state index contributed by atoms with van der Waals surface area (Å²) in [7, 11) is 0. The average Bonchev–Trinajstić information content (AvgIpc) is 2.89. The molecule has 1 aliphatic heterocycles. The van der Waals surface area contributed by atoms with Crippen molar-refractivity contribution < 1.29 is 19.1 Å². The van der Waals surface area contributed by atoms with E-state index in [-0.39, 0.29) is 19.7 Å². The van der Waals surface area contributed by atoms with Crippen molar-refractivity contribution in [2.24, 2.45) is 0 Å². The minimum Gasteiger partial charge on any atom is -0.439 e. The van der Waals surface area contributed by atoms with Gasteiger partial charge in [0.05, 0.1) is 5.69 Å². The van der Waals surface area contributed by atoms with Crippen LogP contribution in [0.4, 0.5) is 14.7 Å². The van der Waals surface area contributed by atoms with Gasteiger partial charge >= 0.3 is 12.1 Å². The van der Waals surface area contributed by atoms with E-state index in [9.17, 15) is 14.4 Å². The molecule has 1 saturated heterocycles. The molecule has 2 rings (SSSR count). The summed E-state index contributed by atoms with van der Waals surface area (Å²) in [6.45, 7) is 1.83. The predicted molar refractivity (Wildman–Crippen MR) is 66.9 cm³/mol. The molecule has 102 valence electrons. The number of aryl methyl sites for hydroxylation is 1. The third kappa shape index (κ3) is 3.41. The van der Waals surface area contributed by atoms with Gasteiger partial charge in [0.2, 0.25) is 0 Å². The van der Waals surface area contributed by atoms with Gasteiger partial charge < -0.3 is 10.1 Å². The molecule has 19 heavy (non-hydrogen) atoms. The third-order valence-corrected chi connectivity index (χ3v) is 3.18. The molecule has 1 aliphatic rings. The zero-order valence-electron chi connectivity index (χ0n) is 10.1. The highest BCUT2D eigenvalue weighted by Crippen LogP contribution is 2.13. The van der Waals surface area contributed by atoms with E-state index in [4.69, 9.17) is 0 Å². The number of carbonyl (C=O) groups excluding carboxylic acids is 3. The number of aromatic nitrogens is 1. The minimum atomic E-state index is -0.678. The van der Waals surface area contributed by atoms with Crippen LogP contribution >= 0.6 is 11.3 Å². The number of cyclic esters (lactones) is 1. The summed E-state index contributed by atoms with van der Waals surface area (Å²) in [6.07, 6.45) is -0.678. The first-order valence-electron chi connectivity index (χ1n) is 5.50. The number of hydrogen-bond acceptors (Lipinski definition) is 6. The van der Waals surface area contributed by atoms with Gasteiger partial charge in [0, 0.05) is 18.5 Å². The molecule has 0 radical (unpaired) electrons. The lowest BCUT2D eigenvalue weighted by Crippen LogP contribution is -2.39. The Balaban J connectivity index is 1.72. The molecular weight excluding hydrogens is 272 g/mol. The van der Waals surface area contributed by atoms with Crippen LogP contribution in [0.1, 0.15) is 5.69 Å². The maximum Gasteiger partial charge on any atom is 0.417 e. The first-order chi connectivity index (χ1) is 9.06. The second-order valence-corrected chi connectivity index (χ2v) is 4.63. The molecule has 0 aliphatic carbocycles. The number of anilines is 1. The Morgan fingerprint density at radius 2 is 2.37 bits per heavy atom. The molecule has 0 atom stereocenters. The molecule has 2 heterocycles. The Kier molecular flexibility index (Phi) is 3.95. The molecule has 0 spiro atoms. The normalized spacial score (nSPS) is 14.5. The Labute approximate surface area is 112 Å². The van der Waals surface area contributed by atoms with Crippen LogP contribution in [0, 0.1) is 6.92 Å². The van der Waals surface area contributed by atoms with Crippen molar-refractivity contribution in [1.29, 1.82) is 0 Å². The van der Waals surface area contributed by atoms with Gasteiger partial charge in [0.25, 0.3) is 5.91 Å². The number of hydrogen-bond donors (Lipinski definition) is 2. The highest BCUT2D eigenvalue weighted by atomic mass is 32.1. The van der Waals surface area contributed by atoms with Gasteiger partial charge in [-0.25, -0.2) is 19.5 Å². The largest absolute Gasteiger partial charge is 0.439 e. The van der Waals surface area contributed by atoms with Gasteiger partial charge in [-0.2, -0.15) is 0 Å². The monoisotopic (exact) mass is 284 g/mol. The van der Waals surface area contributed by atoms with Gasteiger partial charge in [-0.05, 0) is 6.92 Å². The Bertz CT molecular complexity index is 499. The molecule has 1 aromatic rings. The summed E-state index contributed by atoms with van der Waals surface area (Å²) in [4.78, 5) is 38.8. The number of imide groups is 1. The SMILES string of the molecule is Cc1csc(NC(=O)NCCN2C(=O)COC2=O)n1. The topological polar surface area (TPSA) is 101 Å². The number of amides is 4. The molecule has 0 unspecified atom stereocenters. The number of carbonyl (C=O) groups is 3. The van der Waals surface area contributed by atoms with E-state index >= 15 is 0 Å². The molecular formula is C10H12N4O4S. The standard InChI is InChI=1S/C10H12N4O4S/c1-6-5-19-9(12-6)13-8(16)11-2-3-14-7(15)4-18-10(14)17/h5H,2-4H2,1H3,(H2,11,12,13,16). The van der Waals surface area contributed by atoms with E-state index in [0.717, 1.165) is 10.6 Å². The number of nitrogens with zero attached hydrogens (tertiary/aromatic N) is 2. The van der Waals surface area contributed by atoms with Crippen molar-refractivity contribution in [2.75, 3.05) is 25.0 Å². The van der Waals surface area contributed by atoms with Gasteiger partial charge in [-0.3, -0.25) is 10.1 Å². The van der Waals surface area contributed by atoms with Crippen molar-refractivity contribution in [1.82, 2.24) is 15.2 Å². The van der Waals surface area contributed by atoms with Gasteiger partial charge in [-0.1, -0.05) is 0 Å².